The summed E-state index contributed by atoms with van der Waals surface area (Å²) in [5, 5.41) is 9.42. The lowest BCUT2D eigenvalue weighted by molar-refractivity contribution is -0.120. The summed E-state index contributed by atoms with van der Waals surface area (Å²) < 4.78 is 0.821. The van der Waals surface area contributed by atoms with E-state index in [0.29, 0.717) is 0 Å². The Bertz CT molecular complexity index is 705. The van der Waals surface area contributed by atoms with Crippen LogP contribution in [0.2, 0.25) is 0 Å². The summed E-state index contributed by atoms with van der Waals surface area (Å²) in [6.45, 7) is 0. The van der Waals surface area contributed by atoms with E-state index in [9.17, 15) is 10.1 Å². The monoisotopic (exact) mass is 339 g/mol. The van der Waals surface area contributed by atoms with Gasteiger partial charge in [0.1, 0.15) is 5.92 Å². The predicted molar refractivity (Wildman–Crippen MR) is 84.8 cm³/mol. The molecule has 2 aromatic rings. The van der Waals surface area contributed by atoms with Crippen molar-refractivity contribution in [2.24, 2.45) is 5.92 Å². The summed E-state index contributed by atoms with van der Waals surface area (Å²) in [5.74, 6) is -0.390. The summed E-state index contributed by atoms with van der Waals surface area (Å²) in [5.41, 5.74) is 1.96. The first-order valence-electron chi connectivity index (χ1n) is 6.95. The van der Waals surface area contributed by atoms with E-state index >= 15 is 0 Å². The van der Waals surface area contributed by atoms with Crippen LogP contribution in [-0.4, -0.2) is 5.78 Å². The van der Waals surface area contributed by atoms with Crippen molar-refractivity contribution >= 4 is 21.7 Å². The first-order chi connectivity index (χ1) is 10.2. The number of carbonyl (C=O) groups excluding carboxylic acids is 1. The fourth-order valence-corrected chi connectivity index (χ4v) is 3.30. The third-order valence-corrected chi connectivity index (χ3v) is 4.74. The van der Waals surface area contributed by atoms with Gasteiger partial charge in [0.25, 0.3) is 0 Å². The molecule has 2 aromatic carbocycles. The van der Waals surface area contributed by atoms with Crippen molar-refractivity contribution in [3.05, 3.63) is 70.2 Å². The average molecular weight is 340 g/mol. The highest BCUT2D eigenvalue weighted by atomic mass is 79.9. The molecule has 1 aliphatic carbocycles. The molecule has 0 N–H and O–H groups in total. The largest absolute Gasteiger partial charge is 0.298 e. The van der Waals surface area contributed by atoms with E-state index in [-0.39, 0.29) is 17.6 Å². The molecule has 0 radical (unpaired) electrons. The predicted octanol–water partition coefficient (Wildman–Crippen LogP) is 4.43. The number of Topliss-reactive ketones (excluding diaryl/α,β-unsaturated/α-hetero) is 1. The minimum Gasteiger partial charge on any atom is -0.298 e. The highest BCUT2D eigenvalue weighted by Crippen LogP contribution is 2.50. The lowest BCUT2D eigenvalue weighted by atomic mass is 9.92. The Hall–Kier alpha value is -1.92. The van der Waals surface area contributed by atoms with Crippen LogP contribution < -0.4 is 0 Å². The second-order valence-electron chi connectivity index (χ2n) is 5.35. The number of hydrogen-bond acceptors (Lipinski definition) is 2. The number of nitrogens with zero attached hydrogens (tertiary/aromatic N) is 1. The molecule has 1 fully saturated rings. The van der Waals surface area contributed by atoms with Crippen molar-refractivity contribution in [2.45, 2.75) is 18.3 Å². The molecule has 0 bridgehead atoms. The molecule has 0 saturated heterocycles. The summed E-state index contributed by atoms with van der Waals surface area (Å²) in [7, 11) is 0. The van der Waals surface area contributed by atoms with Gasteiger partial charge in [-0.15, -0.1) is 0 Å². The average Bonchev–Trinajstić information content (AvgIpc) is 3.31. The van der Waals surface area contributed by atoms with Crippen LogP contribution in [0, 0.1) is 17.2 Å². The topological polar surface area (TPSA) is 40.9 Å². The number of hydrogen-bond donors (Lipinski definition) is 0. The van der Waals surface area contributed by atoms with Crippen LogP contribution in [0.25, 0.3) is 0 Å². The van der Waals surface area contributed by atoms with Crippen LogP contribution in [-0.2, 0) is 4.79 Å². The maximum atomic E-state index is 12.6. The van der Waals surface area contributed by atoms with Gasteiger partial charge < -0.3 is 0 Å². The number of rotatable bonds is 4. The molecule has 104 valence electrons. The lowest BCUT2D eigenvalue weighted by Gasteiger charge is -2.10. The molecule has 1 saturated carbocycles. The summed E-state index contributed by atoms with van der Waals surface area (Å²) >= 11 is 3.43. The number of halogens is 1. The maximum absolute atomic E-state index is 12.6. The summed E-state index contributed by atoms with van der Waals surface area (Å²) in [6, 6.07) is 19.7. The zero-order valence-corrected chi connectivity index (χ0v) is 13.0. The molecule has 1 aliphatic rings. The first-order valence-corrected chi connectivity index (χ1v) is 7.74. The highest BCUT2D eigenvalue weighted by Gasteiger charge is 2.46. The van der Waals surface area contributed by atoms with E-state index in [1.165, 1.54) is 5.56 Å². The van der Waals surface area contributed by atoms with Crippen molar-refractivity contribution in [3.63, 3.8) is 0 Å². The van der Waals surface area contributed by atoms with Crippen molar-refractivity contribution < 1.29 is 4.79 Å². The Labute approximate surface area is 132 Å². The van der Waals surface area contributed by atoms with Gasteiger partial charge in [-0.2, -0.15) is 5.26 Å². The smallest absolute Gasteiger partial charge is 0.158 e. The van der Waals surface area contributed by atoms with Gasteiger partial charge in [0.05, 0.1) is 6.07 Å². The van der Waals surface area contributed by atoms with Crippen LogP contribution in [0.3, 0.4) is 0 Å². The molecule has 3 unspecified atom stereocenters. The molecular weight excluding hydrogens is 326 g/mol. The molecule has 21 heavy (non-hydrogen) atoms. The lowest BCUT2D eigenvalue weighted by Crippen LogP contribution is -2.14. The number of nitriles is 1. The van der Waals surface area contributed by atoms with Crippen LogP contribution in [0.4, 0.5) is 0 Å². The van der Waals surface area contributed by atoms with E-state index in [1.807, 2.05) is 42.5 Å². The zero-order valence-electron chi connectivity index (χ0n) is 11.4. The number of ketones is 1. The third-order valence-electron chi connectivity index (χ3n) is 4.01. The van der Waals surface area contributed by atoms with Crippen LogP contribution in [0.15, 0.2) is 59.1 Å². The SMILES string of the molecule is N#CC(C(=O)C1CC1c1ccccc1)c1ccccc1Br. The van der Waals surface area contributed by atoms with E-state index in [1.54, 1.807) is 0 Å². The molecule has 0 aliphatic heterocycles. The van der Waals surface area contributed by atoms with Crippen LogP contribution in [0.1, 0.15) is 29.4 Å². The quantitative estimate of drug-likeness (QED) is 0.826. The molecule has 3 rings (SSSR count). The van der Waals surface area contributed by atoms with E-state index in [0.717, 1.165) is 16.5 Å². The normalized spacial score (nSPS) is 21.3. The summed E-state index contributed by atoms with van der Waals surface area (Å²) in [6.07, 6.45) is 0.853. The highest BCUT2D eigenvalue weighted by molar-refractivity contribution is 9.10. The van der Waals surface area contributed by atoms with Gasteiger partial charge in [-0.25, -0.2) is 0 Å². The minimum absolute atomic E-state index is 0.0239. The van der Waals surface area contributed by atoms with Crippen molar-refractivity contribution in [3.8, 4) is 6.07 Å². The van der Waals surface area contributed by atoms with E-state index in [2.05, 4.69) is 34.1 Å². The Kier molecular flexibility index (Phi) is 3.90. The molecule has 0 heterocycles. The number of benzene rings is 2. The Morgan fingerprint density at radius 3 is 2.48 bits per heavy atom. The standard InChI is InChI=1S/C18H14BrNO/c19-17-9-5-4-8-13(17)16(11-20)18(21)15-10-14(15)12-6-2-1-3-7-12/h1-9,14-16H,10H2. The van der Waals surface area contributed by atoms with Gasteiger partial charge in [-0.3, -0.25) is 4.79 Å². The zero-order chi connectivity index (χ0) is 14.8. The Morgan fingerprint density at radius 1 is 1.14 bits per heavy atom. The maximum Gasteiger partial charge on any atom is 0.158 e. The van der Waals surface area contributed by atoms with E-state index < -0.39 is 5.92 Å². The van der Waals surface area contributed by atoms with Crippen LogP contribution in [0.5, 0.6) is 0 Å². The van der Waals surface area contributed by atoms with Gasteiger partial charge in [0.2, 0.25) is 0 Å². The Balaban J connectivity index is 1.80. The molecule has 0 aromatic heterocycles. The number of carbonyl (C=O) groups is 1. The molecule has 3 atom stereocenters. The molecular formula is C18H14BrNO. The van der Waals surface area contributed by atoms with Crippen molar-refractivity contribution in [1.82, 2.24) is 0 Å². The fourth-order valence-electron chi connectivity index (χ4n) is 2.79. The molecule has 0 amide bonds. The van der Waals surface area contributed by atoms with Gasteiger partial charge in [0, 0.05) is 10.4 Å². The minimum atomic E-state index is -0.681. The van der Waals surface area contributed by atoms with Gasteiger partial charge in [-0.05, 0) is 29.5 Å². The fraction of sp³-hybridized carbons (Fsp3) is 0.222. The first kappa shape index (κ1) is 14.0. The molecule has 3 heteroatoms. The van der Waals surface area contributed by atoms with Gasteiger partial charge >= 0.3 is 0 Å². The van der Waals surface area contributed by atoms with E-state index in [4.69, 9.17) is 0 Å². The molecule has 0 spiro atoms. The van der Waals surface area contributed by atoms with Crippen molar-refractivity contribution in [1.29, 1.82) is 5.26 Å². The second kappa shape index (κ2) is 5.83. The second-order valence-corrected chi connectivity index (χ2v) is 6.20. The van der Waals surface area contributed by atoms with Gasteiger partial charge in [0.15, 0.2) is 5.78 Å². The van der Waals surface area contributed by atoms with Crippen molar-refractivity contribution in [2.75, 3.05) is 0 Å². The van der Waals surface area contributed by atoms with Gasteiger partial charge in [-0.1, -0.05) is 64.5 Å². The molecule has 2 nitrogen and oxygen atoms in total. The Morgan fingerprint density at radius 2 is 1.81 bits per heavy atom. The third kappa shape index (κ3) is 2.77. The van der Waals surface area contributed by atoms with Crippen LogP contribution >= 0.6 is 15.9 Å². The summed E-state index contributed by atoms with van der Waals surface area (Å²) in [4.78, 5) is 12.6.